The summed E-state index contributed by atoms with van der Waals surface area (Å²) < 4.78 is 0. The van der Waals surface area contributed by atoms with Crippen molar-refractivity contribution in [2.45, 2.75) is 45.4 Å². The molecule has 0 spiro atoms. The molecule has 21 heavy (non-hydrogen) atoms. The fourth-order valence-electron chi connectivity index (χ4n) is 2.93. The molecule has 1 heterocycles. The van der Waals surface area contributed by atoms with Crippen LogP contribution in [0.15, 0.2) is 30.3 Å². The minimum absolute atomic E-state index is 0.125. The number of carbonyl (C=O) groups excluding carboxylic acids is 1. The molecule has 1 aliphatic heterocycles. The summed E-state index contributed by atoms with van der Waals surface area (Å²) in [5.74, 6) is 1.71. The lowest BCUT2D eigenvalue weighted by atomic mass is 10.1. The van der Waals surface area contributed by atoms with Gasteiger partial charge in [-0.3, -0.25) is 10.1 Å². The first-order chi connectivity index (χ1) is 10.1. The summed E-state index contributed by atoms with van der Waals surface area (Å²) in [6, 6.07) is 10.1. The first-order valence-electron chi connectivity index (χ1n) is 7.68. The number of thioether (sulfide) groups is 1. The summed E-state index contributed by atoms with van der Waals surface area (Å²) in [5, 5.41) is 3.53. The summed E-state index contributed by atoms with van der Waals surface area (Å²) >= 11 is 1.84. The maximum absolute atomic E-state index is 12.9. The van der Waals surface area contributed by atoms with Gasteiger partial charge in [0.25, 0.3) is 0 Å². The van der Waals surface area contributed by atoms with Crippen LogP contribution in [0, 0.1) is 5.92 Å². The third-order valence-electron chi connectivity index (χ3n) is 4.12. The van der Waals surface area contributed by atoms with Crippen molar-refractivity contribution < 1.29 is 4.79 Å². The van der Waals surface area contributed by atoms with Crippen molar-refractivity contribution in [3.63, 3.8) is 0 Å². The molecule has 1 saturated heterocycles. The van der Waals surface area contributed by atoms with Crippen molar-refractivity contribution in [3.05, 3.63) is 35.9 Å². The van der Waals surface area contributed by atoms with Gasteiger partial charge in [-0.05, 0) is 36.8 Å². The van der Waals surface area contributed by atoms with Crippen LogP contribution >= 0.6 is 11.8 Å². The Labute approximate surface area is 132 Å². The van der Waals surface area contributed by atoms with E-state index >= 15 is 0 Å². The summed E-state index contributed by atoms with van der Waals surface area (Å²) in [4.78, 5) is 15.0. The van der Waals surface area contributed by atoms with Gasteiger partial charge in [0, 0.05) is 6.04 Å². The molecule has 2 rings (SSSR count). The Kier molecular flexibility index (Phi) is 5.71. The van der Waals surface area contributed by atoms with Crippen molar-refractivity contribution >= 4 is 17.7 Å². The quantitative estimate of drug-likeness (QED) is 0.875. The van der Waals surface area contributed by atoms with Crippen molar-refractivity contribution in [1.82, 2.24) is 10.2 Å². The van der Waals surface area contributed by atoms with Gasteiger partial charge in [-0.15, -0.1) is 0 Å². The zero-order valence-electron chi connectivity index (χ0n) is 13.4. The molecular weight excluding hydrogens is 280 g/mol. The van der Waals surface area contributed by atoms with E-state index < -0.39 is 0 Å². The van der Waals surface area contributed by atoms with Crippen molar-refractivity contribution in [1.29, 1.82) is 0 Å². The topological polar surface area (TPSA) is 32.3 Å². The molecule has 0 saturated carbocycles. The van der Waals surface area contributed by atoms with E-state index in [9.17, 15) is 4.79 Å². The molecule has 1 aliphatic rings. The monoisotopic (exact) mass is 306 g/mol. The van der Waals surface area contributed by atoms with Crippen molar-refractivity contribution in [3.8, 4) is 0 Å². The Morgan fingerprint density at radius 2 is 1.90 bits per heavy atom. The first-order valence-corrected chi connectivity index (χ1v) is 9.07. The SMILES string of the molecule is CSCCC(C)N1C(=O)C(c2ccccc2)NC1C(C)C. The van der Waals surface area contributed by atoms with E-state index in [4.69, 9.17) is 0 Å². The van der Waals surface area contributed by atoms with E-state index in [2.05, 4.69) is 37.2 Å². The second kappa shape index (κ2) is 7.32. The Bertz CT molecular complexity index is 463. The summed E-state index contributed by atoms with van der Waals surface area (Å²) in [7, 11) is 0. The predicted octanol–water partition coefficient (Wildman–Crippen LogP) is 3.28. The highest BCUT2D eigenvalue weighted by atomic mass is 32.2. The largest absolute Gasteiger partial charge is 0.322 e. The van der Waals surface area contributed by atoms with Crippen LogP contribution in [-0.2, 0) is 4.79 Å². The lowest BCUT2D eigenvalue weighted by Gasteiger charge is -2.32. The van der Waals surface area contributed by atoms with Crippen LogP contribution in [0.2, 0.25) is 0 Å². The Hall–Kier alpha value is -1.00. The molecule has 0 aromatic heterocycles. The third-order valence-corrected chi connectivity index (χ3v) is 4.76. The van der Waals surface area contributed by atoms with Crippen LogP contribution in [0.1, 0.15) is 38.8 Å². The smallest absolute Gasteiger partial charge is 0.245 e. The number of benzene rings is 1. The third kappa shape index (κ3) is 3.61. The molecule has 0 aliphatic carbocycles. The van der Waals surface area contributed by atoms with Gasteiger partial charge >= 0.3 is 0 Å². The zero-order valence-corrected chi connectivity index (χ0v) is 14.2. The van der Waals surface area contributed by atoms with Crippen LogP contribution in [0.25, 0.3) is 0 Å². The molecule has 1 N–H and O–H groups in total. The fourth-order valence-corrected chi connectivity index (χ4v) is 3.50. The molecule has 1 aromatic rings. The molecule has 3 unspecified atom stereocenters. The van der Waals surface area contributed by atoms with E-state index in [0.717, 1.165) is 17.7 Å². The molecule has 0 radical (unpaired) electrons. The Balaban J connectivity index is 2.20. The Morgan fingerprint density at radius 1 is 1.24 bits per heavy atom. The Morgan fingerprint density at radius 3 is 2.48 bits per heavy atom. The second-order valence-corrected chi connectivity index (χ2v) is 7.06. The highest BCUT2D eigenvalue weighted by molar-refractivity contribution is 7.98. The van der Waals surface area contributed by atoms with E-state index in [0.29, 0.717) is 5.92 Å². The van der Waals surface area contributed by atoms with Crippen molar-refractivity contribution in [2.75, 3.05) is 12.0 Å². The average Bonchev–Trinajstić information content (AvgIpc) is 2.83. The number of hydrogen-bond donors (Lipinski definition) is 1. The van der Waals surface area contributed by atoms with E-state index in [1.165, 1.54) is 0 Å². The molecule has 4 heteroatoms. The molecule has 3 nitrogen and oxygen atoms in total. The standard InChI is InChI=1S/C17H26N2OS/c1-12(2)16-18-15(14-8-6-5-7-9-14)17(20)19(16)13(3)10-11-21-4/h5-9,12-13,15-16,18H,10-11H2,1-4H3. The molecule has 116 valence electrons. The van der Waals surface area contributed by atoms with E-state index in [-0.39, 0.29) is 24.2 Å². The fraction of sp³-hybridized carbons (Fsp3) is 0.588. The highest BCUT2D eigenvalue weighted by Crippen LogP contribution is 2.30. The van der Waals surface area contributed by atoms with E-state index in [1.807, 2.05) is 42.1 Å². The number of hydrogen-bond acceptors (Lipinski definition) is 3. The number of amides is 1. The van der Waals surface area contributed by atoms with Gasteiger partial charge in [-0.2, -0.15) is 11.8 Å². The van der Waals surface area contributed by atoms with E-state index in [1.54, 1.807) is 0 Å². The summed E-state index contributed by atoms with van der Waals surface area (Å²) in [6.45, 7) is 6.51. The van der Waals surface area contributed by atoms with Gasteiger partial charge in [-0.1, -0.05) is 44.2 Å². The van der Waals surface area contributed by atoms with Crippen LogP contribution in [0.4, 0.5) is 0 Å². The molecule has 1 fully saturated rings. The number of nitrogens with zero attached hydrogens (tertiary/aromatic N) is 1. The minimum atomic E-state index is -0.199. The maximum Gasteiger partial charge on any atom is 0.245 e. The van der Waals surface area contributed by atoms with Crippen LogP contribution in [-0.4, -0.2) is 35.0 Å². The number of nitrogens with one attached hydrogen (secondary N) is 1. The van der Waals surface area contributed by atoms with Gasteiger partial charge in [0.2, 0.25) is 5.91 Å². The first kappa shape index (κ1) is 16.4. The lowest BCUT2D eigenvalue weighted by molar-refractivity contribution is -0.132. The number of carbonyl (C=O) groups is 1. The van der Waals surface area contributed by atoms with Crippen LogP contribution in [0.5, 0.6) is 0 Å². The molecule has 3 atom stereocenters. The summed E-state index contributed by atoms with van der Waals surface area (Å²) in [6.07, 6.45) is 3.28. The number of rotatable bonds is 6. The molecule has 0 bridgehead atoms. The van der Waals surface area contributed by atoms with Gasteiger partial charge < -0.3 is 4.90 Å². The maximum atomic E-state index is 12.9. The van der Waals surface area contributed by atoms with Crippen molar-refractivity contribution in [2.24, 2.45) is 5.92 Å². The molecular formula is C17H26N2OS. The van der Waals surface area contributed by atoms with Gasteiger partial charge in [-0.25, -0.2) is 0 Å². The van der Waals surface area contributed by atoms with Gasteiger partial charge in [0.05, 0.1) is 6.17 Å². The summed E-state index contributed by atoms with van der Waals surface area (Å²) in [5.41, 5.74) is 1.06. The second-order valence-electron chi connectivity index (χ2n) is 6.08. The molecule has 1 amide bonds. The van der Waals surface area contributed by atoms with Crippen LogP contribution < -0.4 is 5.32 Å². The normalized spacial score (nSPS) is 23.9. The zero-order chi connectivity index (χ0) is 15.4. The van der Waals surface area contributed by atoms with Crippen LogP contribution in [0.3, 0.4) is 0 Å². The average molecular weight is 306 g/mol. The lowest BCUT2D eigenvalue weighted by Crippen LogP contribution is -2.46. The molecule has 1 aromatic carbocycles. The highest BCUT2D eigenvalue weighted by Gasteiger charge is 2.42. The predicted molar refractivity (Wildman–Crippen MR) is 90.3 cm³/mol. The minimum Gasteiger partial charge on any atom is -0.322 e. The van der Waals surface area contributed by atoms with Gasteiger partial charge in [0.1, 0.15) is 6.04 Å². The van der Waals surface area contributed by atoms with Gasteiger partial charge in [0.15, 0.2) is 0 Å².